The van der Waals surface area contributed by atoms with E-state index in [1.54, 1.807) is 13.0 Å². The lowest BCUT2D eigenvalue weighted by atomic mass is 9.97. The fraction of sp³-hybridized carbons (Fsp3) is 0.200. The maximum absolute atomic E-state index is 13.9. The van der Waals surface area contributed by atoms with Crippen LogP contribution in [0, 0.1) is 24.4 Å². The third-order valence-electron chi connectivity index (χ3n) is 3.17. The van der Waals surface area contributed by atoms with Gasteiger partial charge >= 0.3 is 0 Å². The minimum atomic E-state index is -0.653. The van der Waals surface area contributed by atoms with Crippen molar-refractivity contribution in [3.05, 3.63) is 68.9 Å². The molecule has 0 fully saturated rings. The minimum absolute atomic E-state index is 0.00216. The summed E-state index contributed by atoms with van der Waals surface area (Å²) in [4.78, 5) is 0. The molecule has 0 spiro atoms. The lowest BCUT2D eigenvalue weighted by molar-refractivity contribution is 0.535. The number of hydrogen-bond donors (Lipinski definition) is 1. The molecule has 0 amide bonds. The molecule has 0 aromatic heterocycles. The van der Waals surface area contributed by atoms with Crippen molar-refractivity contribution in [3.8, 4) is 0 Å². The van der Waals surface area contributed by atoms with Gasteiger partial charge in [0.05, 0.1) is 4.47 Å². The van der Waals surface area contributed by atoms with Gasteiger partial charge in [-0.2, -0.15) is 0 Å². The van der Waals surface area contributed by atoms with E-state index in [1.807, 2.05) is 0 Å². The maximum Gasteiger partial charge on any atom is 0.143 e. The van der Waals surface area contributed by atoms with Gasteiger partial charge in [-0.25, -0.2) is 13.2 Å². The van der Waals surface area contributed by atoms with E-state index in [4.69, 9.17) is 5.73 Å². The molecule has 2 N–H and O–H groups in total. The number of aryl methyl sites for hydroxylation is 1. The van der Waals surface area contributed by atoms with Crippen LogP contribution in [0.4, 0.5) is 13.2 Å². The normalized spacial score (nSPS) is 12.5. The molecule has 2 aromatic rings. The van der Waals surface area contributed by atoms with E-state index in [-0.39, 0.29) is 22.3 Å². The Balaban J connectivity index is 2.30. The molecule has 0 aliphatic heterocycles. The number of hydrogen-bond acceptors (Lipinski definition) is 1. The van der Waals surface area contributed by atoms with Gasteiger partial charge in [-0.05, 0) is 58.6 Å². The van der Waals surface area contributed by atoms with Crippen molar-refractivity contribution in [2.75, 3.05) is 0 Å². The lowest BCUT2D eigenvalue weighted by Gasteiger charge is -2.15. The van der Waals surface area contributed by atoms with E-state index in [2.05, 4.69) is 15.9 Å². The van der Waals surface area contributed by atoms with Gasteiger partial charge in [0.2, 0.25) is 0 Å². The Kier molecular flexibility index (Phi) is 4.50. The molecule has 0 heterocycles. The van der Waals surface area contributed by atoms with Crippen LogP contribution in [-0.2, 0) is 6.42 Å². The lowest BCUT2D eigenvalue weighted by Crippen LogP contribution is -2.15. The van der Waals surface area contributed by atoms with E-state index in [0.717, 1.165) is 0 Å². The molecule has 2 rings (SSSR count). The number of nitrogens with two attached hydrogens (primary N) is 1. The molecule has 0 saturated carbocycles. The van der Waals surface area contributed by atoms with E-state index in [0.29, 0.717) is 11.1 Å². The van der Waals surface area contributed by atoms with Crippen LogP contribution < -0.4 is 5.73 Å². The molecular formula is C15H13BrF3N. The van der Waals surface area contributed by atoms with Crippen molar-refractivity contribution in [2.45, 2.75) is 19.4 Å². The first-order chi connectivity index (χ1) is 9.40. The van der Waals surface area contributed by atoms with Crippen molar-refractivity contribution in [1.82, 2.24) is 0 Å². The van der Waals surface area contributed by atoms with Gasteiger partial charge in [0.15, 0.2) is 0 Å². The first-order valence-corrected chi connectivity index (χ1v) is 6.83. The molecule has 0 radical (unpaired) electrons. The van der Waals surface area contributed by atoms with E-state index >= 15 is 0 Å². The highest BCUT2D eigenvalue weighted by atomic mass is 79.9. The van der Waals surface area contributed by atoms with Crippen LogP contribution >= 0.6 is 15.9 Å². The minimum Gasteiger partial charge on any atom is -0.324 e. The predicted molar refractivity (Wildman–Crippen MR) is 75.8 cm³/mol. The first-order valence-electron chi connectivity index (χ1n) is 6.04. The Labute approximate surface area is 123 Å². The van der Waals surface area contributed by atoms with E-state index in [1.165, 1.54) is 24.3 Å². The van der Waals surface area contributed by atoms with Gasteiger partial charge in [-0.1, -0.05) is 12.1 Å². The predicted octanol–water partition coefficient (Wildman–Crippen LogP) is 4.42. The zero-order chi connectivity index (χ0) is 14.9. The summed E-state index contributed by atoms with van der Waals surface area (Å²) < 4.78 is 40.9. The smallest absolute Gasteiger partial charge is 0.143 e. The SMILES string of the molecule is Cc1cc(C(N)Cc2c(F)ccc(Br)c2F)ccc1F. The van der Waals surface area contributed by atoms with Gasteiger partial charge in [-0.15, -0.1) is 0 Å². The van der Waals surface area contributed by atoms with E-state index in [9.17, 15) is 13.2 Å². The third kappa shape index (κ3) is 3.04. The van der Waals surface area contributed by atoms with Crippen LogP contribution in [0.25, 0.3) is 0 Å². The van der Waals surface area contributed by atoms with Crippen molar-refractivity contribution < 1.29 is 13.2 Å². The fourth-order valence-electron chi connectivity index (χ4n) is 1.99. The molecule has 1 nitrogen and oxygen atoms in total. The first kappa shape index (κ1) is 15.1. The highest BCUT2D eigenvalue weighted by Gasteiger charge is 2.17. The van der Waals surface area contributed by atoms with Gasteiger partial charge in [0, 0.05) is 11.6 Å². The topological polar surface area (TPSA) is 26.0 Å². The molecule has 0 bridgehead atoms. The molecule has 2 aromatic carbocycles. The molecule has 5 heteroatoms. The Morgan fingerprint density at radius 1 is 1.10 bits per heavy atom. The number of benzene rings is 2. The Bertz CT molecular complexity index is 643. The third-order valence-corrected chi connectivity index (χ3v) is 3.79. The quantitative estimate of drug-likeness (QED) is 0.820. The molecule has 1 unspecified atom stereocenters. The molecule has 0 aliphatic rings. The van der Waals surface area contributed by atoms with Gasteiger partial charge in [-0.3, -0.25) is 0 Å². The van der Waals surface area contributed by atoms with Gasteiger partial charge in [0.1, 0.15) is 17.5 Å². The Morgan fingerprint density at radius 3 is 2.40 bits per heavy atom. The van der Waals surface area contributed by atoms with Crippen LogP contribution in [-0.4, -0.2) is 0 Å². The summed E-state index contributed by atoms with van der Waals surface area (Å²) in [5.41, 5.74) is 6.98. The van der Waals surface area contributed by atoms with Gasteiger partial charge in [0.25, 0.3) is 0 Å². The Morgan fingerprint density at radius 2 is 1.75 bits per heavy atom. The summed E-state index contributed by atoms with van der Waals surface area (Å²) in [6, 6.07) is 6.31. The fourth-order valence-corrected chi connectivity index (χ4v) is 2.36. The molecule has 20 heavy (non-hydrogen) atoms. The molecule has 0 aliphatic carbocycles. The second-order valence-corrected chi connectivity index (χ2v) is 5.50. The molecule has 1 atom stereocenters. The highest BCUT2D eigenvalue weighted by Crippen LogP contribution is 2.26. The second kappa shape index (κ2) is 5.97. The van der Waals surface area contributed by atoms with Crippen molar-refractivity contribution in [1.29, 1.82) is 0 Å². The van der Waals surface area contributed by atoms with Crippen LogP contribution in [0.5, 0.6) is 0 Å². The Hall–Kier alpha value is -1.33. The summed E-state index contributed by atoms with van der Waals surface area (Å²) in [6.45, 7) is 1.62. The average molecular weight is 344 g/mol. The van der Waals surface area contributed by atoms with Crippen molar-refractivity contribution in [2.24, 2.45) is 5.73 Å². The van der Waals surface area contributed by atoms with Crippen LogP contribution in [0.2, 0.25) is 0 Å². The van der Waals surface area contributed by atoms with Crippen molar-refractivity contribution in [3.63, 3.8) is 0 Å². The molecule has 106 valence electrons. The monoisotopic (exact) mass is 343 g/mol. The summed E-state index contributed by atoms with van der Waals surface area (Å²) in [6.07, 6.45) is 0.00216. The number of rotatable bonds is 3. The summed E-state index contributed by atoms with van der Waals surface area (Å²) >= 11 is 3.02. The highest BCUT2D eigenvalue weighted by molar-refractivity contribution is 9.10. The standard InChI is InChI=1S/C15H13BrF3N/c1-8-6-9(2-4-12(8)17)14(20)7-10-13(18)5-3-11(16)15(10)19/h2-6,14H,7,20H2,1H3. The second-order valence-electron chi connectivity index (χ2n) is 4.64. The van der Waals surface area contributed by atoms with Crippen LogP contribution in [0.15, 0.2) is 34.8 Å². The van der Waals surface area contributed by atoms with E-state index < -0.39 is 17.7 Å². The summed E-state index contributed by atoms with van der Waals surface area (Å²) in [7, 11) is 0. The van der Waals surface area contributed by atoms with Crippen LogP contribution in [0.1, 0.15) is 22.7 Å². The average Bonchev–Trinajstić information content (AvgIpc) is 2.42. The molecule has 0 saturated heterocycles. The largest absolute Gasteiger partial charge is 0.324 e. The number of halogens is 4. The van der Waals surface area contributed by atoms with Crippen LogP contribution in [0.3, 0.4) is 0 Å². The van der Waals surface area contributed by atoms with Crippen molar-refractivity contribution >= 4 is 15.9 Å². The summed E-state index contributed by atoms with van der Waals surface area (Å²) in [5, 5.41) is 0. The summed E-state index contributed by atoms with van der Waals surface area (Å²) in [5.74, 6) is -1.62. The molecular weight excluding hydrogens is 331 g/mol. The zero-order valence-corrected chi connectivity index (χ0v) is 12.3. The van der Waals surface area contributed by atoms with Gasteiger partial charge < -0.3 is 5.73 Å². The zero-order valence-electron chi connectivity index (χ0n) is 10.8. The maximum atomic E-state index is 13.9.